The molecule has 0 bridgehead atoms. The number of anilines is 1. The predicted octanol–water partition coefficient (Wildman–Crippen LogP) is 4.65. The number of nitrogens with zero attached hydrogens (tertiary/aromatic N) is 5. The molecule has 4 heterocycles. The van der Waals surface area contributed by atoms with Crippen LogP contribution in [0.25, 0.3) is 11.0 Å². The highest BCUT2D eigenvalue weighted by molar-refractivity contribution is 5.92. The van der Waals surface area contributed by atoms with Crippen molar-refractivity contribution in [3.63, 3.8) is 0 Å². The Bertz CT molecular complexity index is 1660. The number of halogens is 1. The van der Waals surface area contributed by atoms with Gasteiger partial charge in [-0.1, -0.05) is 0 Å². The number of hydrogen-bond acceptors (Lipinski definition) is 8. The van der Waals surface area contributed by atoms with E-state index < -0.39 is 5.97 Å². The summed E-state index contributed by atoms with van der Waals surface area (Å²) < 4.78 is 34.4. The zero-order valence-corrected chi connectivity index (χ0v) is 25.2. The van der Waals surface area contributed by atoms with Crippen LogP contribution in [0.1, 0.15) is 48.2 Å². The van der Waals surface area contributed by atoms with Gasteiger partial charge < -0.3 is 33.7 Å². The summed E-state index contributed by atoms with van der Waals surface area (Å²) in [6.45, 7) is 5.37. The molecule has 2 aliphatic heterocycles. The van der Waals surface area contributed by atoms with E-state index in [4.69, 9.17) is 19.2 Å². The van der Waals surface area contributed by atoms with Crippen LogP contribution in [0, 0.1) is 5.82 Å². The second-order valence-corrected chi connectivity index (χ2v) is 11.9. The van der Waals surface area contributed by atoms with Crippen molar-refractivity contribution in [3.05, 3.63) is 71.7 Å². The largest absolute Gasteiger partial charge is 0.483 e. The van der Waals surface area contributed by atoms with Crippen molar-refractivity contribution in [1.82, 2.24) is 19.5 Å². The van der Waals surface area contributed by atoms with Crippen molar-refractivity contribution in [2.45, 2.75) is 64.1 Å². The first-order chi connectivity index (χ1) is 21.2. The van der Waals surface area contributed by atoms with E-state index in [0.717, 1.165) is 53.8 Å². The molecule has 2 N–H and O–H groups in total. The fraction of sp³-hybridized carbons (Fsp3) is 0.438. The fourth-order valence-corrected chi connectivity index (χ4v) is 5.99. The molecule has 12 heteroatoms. The maximum Gasteiger partial charge on any atom is 0.335 e. The first kappa shape index (κ1) is 29.8. The molecule has 4 aromatic rings. The molecular weight excluding hydrogens is 567 g/mol. The first-order valence-corrected chi connectivity index (χ1v) is 15.0. The van der Waals surface area contributed by atoms with E-state index in [1.165, 1.54) is 12.1 Å². The van der Waals surface area contributed by atoms with E-state index in [1.54, 1.807) is 43.6 Å². The molecule has 2 aromatic carbocycles. The topological polar surface area (TPSA) is 121 Å². The van der Waals surface area contributed by atoms with Gasteiger partial charge in [-0.15, -0.1) is 0 Å². The maximum absolute atomic E-state index is 13.6. The minimum absolute atomic E-state index is 0.00632. The molecule has 0 spiro atoms. The van der Waals surface area contributed by atoms with E-state index in [1.807, 2.05) is 0 Å². The first-order valence-electron chi connectivity index (χ1n) is 15.0. The van der Waals surface area contributed by atoms with Crippen LogP contribution in [0.5, 0.6) is 11.6 Å². The number of imidazole rings is 1. The molecule has 2 fully saturated rings. The monoisotopic (exact) mass is 605 g/mol. The number of aromatic nitrogens is 4. The summed E-state index contributed by atoms with van der Waals surface area (Å²) in [5, 5.41) is 12.5. The lowest BCUT2D eigenvalue weighted by molar-refractivity contribution is -0.950. The van der Waals surface area contributed by atoms with Gasteiger partial charge in [-0.25, -0.2) is 19.2 Å². The average Bonchev–Trinajstić information content (AvgIpc) is 3.32. The van der Waals surface area contributed by atoms with Crippen LogP contribution in [0.3, 0.4) is 0 Å². The SMILES string of the molecule is CNc1cc(F)ccc1OCc1nccc(OC2CC[N+](C)(Cc3nc4ccc(C(=O)O)cc4n3C[C@H]3CCO3)[C@@H](C)C2)n1. The summed E-state index contributed by atoms with van der Waals surface area (Å²) >= 11 is 0. The molecule has 4 atom stereocenters. The third-order valence-electron chi connectivity index (χ3n) is 8.92. The molecule has 11 nitrogen and oxygen atoms in total. The zero-order chi connectivity index (χ0) is 30.8. The molecule has 2 saturated heterocycles. The van der Waals surface area contributed by atoms with Crippen LogP contribution in [0.4, 0.5) is 10.1 Å². The van der Waals surface area contributed by atoms with Gasteiger partial charge in [-0.3, -0.25) is 0 Å². The van der Waals surface area contributed by atoms with Crippen molar-refractivity contribution in [3.8, 4) is 11.6 Å². The van der Waals surface area contributed by atoms with Gasteiger partial charge in [0, 0.05) is 44.8 Å². The molecule has 2 unspecified atom stereocenters. The van der Waals surface area contributed by atoms with E-state index in [9.17, 15) is 14.3 Å². The minimum Gasteiger partial charge on any atom is -0.483 e. The summed E-state index contributed by atoms with van der Waals surface area (Å²) in [5.41, 5.74) is 2.43. The van der Waals surface area contributed by atoms with Gasteiger partial charge in [-0.2, -0.15) is 4.98 Å². The van der Waals surface area contributed by atoms with Crippen LogP contribution >= 0.6 is 0 Å². The molecule has 6 rings (SSSR count). The summed E-state index contributed by atoms with van der Waals surface area (Å²) in [5.74, 6) is 1.12. The van der Waals surface area contributed by atoms with Gasteiger partial charge in [0.15, 0.2) is 11.6 Å². The number of ether oxygens (including phenoxy) is 3. The van der Waals surface area contributed by atoms with E-state index in [2.05, 4.69) is 33.8 Å². The van der Waals surface area contributed by atoms with E-state index >= 15 is 0 Å². The summed E-state index contributed by atoms with van der Waals surface area (Å²) in [6, 6.07) is 11.5. The summed E-state index contributed by atoms with van der Waals surface area (Å²) in [6.07, 6.45) is 4.43. The van der Waals surface area contributed by atoms with Gasteiger partial charge in [0.25, 0.3) is 0 Å². The number of quaternary nitrogens is 1. The number of carboxylic acid groups (broad SMARTS) is 1. The number of benzene rings is 2. The molecule has 232 valence electrons. The van der Waals surface area contributed by atoms with Gasteiger partial charge in [0.1, 0.15) is 30.8 Å². The Morgan fingerprint density at radius 1 is 1.20 bits per heavy atom. The van der Waals surface area contributed by atoms with Crippen LogP contribution in [0.2, 0.25) is 0 Å². The van der Waals surface area contributed by atoms with Gasteiger partial charge in [0.2, 0.25) is 5.88 Å². The Labute approximate surface area is 255 Å². The lowest BCUT2D eigenvalue weighted by atomic mass is 9.97. The summed E-state index contributed by atoms with van der Waals surface area (Å²) in [4.78, 5) is 25.5. The highest BCUT2D eigenvalue weighted by Crippen LogP contribution is 2.31. The third-order valence-corrected chi connectivity index (χ3v) is 8.92. The highest BCUT2D eigenvalue weighted by atomic mass is 19.1. The van der Waals surface area contributed by atoms with Crippen LogP contribution in [-0.4, -0.2) is 80.6 Å². The number of aromatic carboxylic acids is 1. The normalized spacial score (nSPS) is 23.2. The average molecular weight is 606 g/mol. The lowest BCUT2D eigenvalue weighted by Gasteiger charge is -2.45. The quantitative estimate of drug-likeness (QED) is 0.235. The number of carbonyl (C=O) groups is 1. The van der Waals surface area contributed by atoms with E-state index in [-0.39, 0.29) is 36.2 Å². The predicted molar refractivity (Wildman–Crippen MR) is 161 cm³/mol. The number of likely N-dealkylation sites (tertiary alicyclic amines) is 1. The molecule has 0 saturated carbocycles. The lowest BCUT2D eigenvalue weighted by Crippen LogP contribution is -2.57. The standard InChI is InChI=1S/C32H37FN6O5/c1-20-14-23(44-31-8-11-35-29(37-31)19-43-28-7-5-22(33)16-26(28)34-2)9-12-39(20,3)18-30-36-25-6-4-21(32(40)41)15-27(25)38(30)17-24-10-13-42-24/h4-8,11,15-16,20,23-24,34H,9-10,12-14,17-19H2,1-3H3/p+1/t20-,23?,24+,39?/m0/s1. The molecule has 44 heavy (non-hydrogen) atoms. The van der Waals surface area contributed by atoms with Gasteiger partial charge in [-0.05, 0) is 43.7 Å². The molecule has 2 aromatic heterocycles. The minimum atomic E-state index is -0.949. The number of piperidine rings is 1. The van der Waals surface area contributed by atoms with Gasteiger partial charge in [0.05, 0.1) is 54.6 Å². The van der Waals surface area contributed by atoms with Crippen molar-refractivity contribution < 1.29 is 33.0 Å². The fourth-order valence-electron chi connectivity index (χ4n) is 5.99. The molecular formula is C32H38FN6O5+. The Morgan fingerprint density at radius 2 is 2.05 bits per heavy atom. The van der Waals surface area contributed by atoms with Gasteiger partial charge >= 0.3 is 5.97 Å². The number of nitrogens with one attached hydrogen (secondary N) is 1. The Balaban J connectivity index is 1.12. The number of rotatable bonds is 11. The molecule has 0 radical (unpaired) electrons. The number of carboxylic acids is 1. The molecule has 2 aliphatic rings. The Kier molecular flexibility index (Phi) is 8.37. The van der Waals surface area contributed by atoms with Crippen LogP contribution < -0.4 is 14.8 Å². The van der Waals surface area contributed by atoms with E-state index in [0.29, 0.717) is 36.2 Å². The van der Waals surface area contributed by atoms with Crippen molar-refractivity contribution in [2.75, 3.05) is 32.6 Å². The highest BCUT2D eigenvalue weighted by Gasteiger charge is 2.39. The molecule has 0 aliphatic carbocycles. The second kappa shape index (κ2) is 12.4. The van der Waals surface area contributed by atoms with Crippen molar-refractivity contribution in [1.29, 1.82) is 0 Å². The smallest absolute Gasteiger partial charge is 0.335 e. The van der Waals surface area contributed by atoms with Crippen LogP contribution in [0.15, 0.2) is 48.7 Å². The molecule has 0 amide bonds. The Morgan fingerprint density at radius 3 is 2.77 bits per heavy atom. The van der Waals surface area contributed by atoms with Crippen LogP contribution in [-0.2, 0) is 24.4 Å². The number of fused-ring (bicyclic) bond motifs is 1. The second-order valence-electron chi connectivity index (χ2n) is 11.9. The zero-order valence-electron chi connectivity index (χ0n) is 25.2. The van der Waals surface area contributed by atoms with Crippen molar-refractivity contribution in [2.24, 2.45) is 0 Å². The third kappa shape index (κ3) is 6.31. The number of hydrogen-bond donors (Lipinski definition) is 2. The maximum atomic E-state index is 13.6. The van der Waals surface area contributed by atoms with Crippen molar-refractivity contribution >= 4 is 22.7 Å². The Hall–Kier alpha value is -4.29. The summed E-state index contributed by atoms with van der Waals surface area (Å²) in [7, 11) is 3.96.